The molecule has 302 valence electrons. The van der Waals surface area contributed by atoms with Crippen molar-refractivity contribution in [2.45, 2.75) is 49.9 Å². The Morgan fingerprint density at radius 3 is 1.72 bits per heavy atom. The van der Waals surface area contributed by atoms with Gasteiger partial charge in [-0.3, -0.25) is 29.3 Å². The van der Waals surface area contributed by atoms with Crippen LogP contribution in [0.1, 0.15) is 23.1 Å². The molecule has 0 saturated carbocycles. The minimum Gasteiger partial charge on any atom is -0.508 e. The van der Waals surface area contributed by atoms with E-state index < -0.39 is 65.3 Å². The number of phenols is 1. The Morgan fingerprint density at radius 1 is 0.655 bits per heavy atom. The van der Waals surface area contributed by atoms with Crippen LogP contribution < -0.4 is 26.6 Å². The van der Waals surface area contributed by atoms with E-state index in [4.69, 9.17) is 0 Å². The lowest BCUT2D eigenvalue weighted by molar-refractivity contribution is -0.383. The van der Waals surface area contributed by atoms with Crippen molar-refractivity contribution in [3.8, 4) is 5.75 Å². The van der Waals surface area contributed by atoms with E-state index >= 15 is 0 Å². The lowest BCUT2D eigenvalue weighted by atomic mass is 10.0. The summed E-state index contributed by atoms with van der Waals surface area (Å²) in [6.45, 7) is -0.888. The van der Waals surface area contributed by atoms with Crippen molar-refractivity contribution in [3.63, 3.8) is 0 Å². The van der Waals surface area contributed by atoms with Crippen LogP contribution in [-0.4, -0.2) is 97.5 Å². The Balaban J connectivity index is 1.28. The summed E-state index contributed by atoms with van der Waals surface area (Å²) in [6, 6.07) is 20.2. The number of carbonyl (C=O) groups is 5. The van der Waals surface area contributed by atoms with Gasteiger partial charge in [-0.1, -0.05) is 72.8 Å². The van der Waals surface area contributed by atoms with Gasteiger partial charge >= 0.3 is 11.7 Å². The van der Waals surface area contributed by atoms with Crippen molar-refractivity contribution in [1.82, 2.24) is 31.6 Å². The van der Waals surface area contributed by atoms with E-state index in [1.807, 2.05) is 0 Å². The highest BCUT2D eigenvalue weighted by Gasteiger charge is 2.32. The first-order valence-corrected chi connectivity index (χ1v) is 17.9. The summed E-state index contributed by atoms with van der Waals surface area (Å²) in [5.41, 5.74) is 1.85. The van der Waals surface area contributed by atoms with Crippen molar-refractivity contribution in [2.24, 2.45) is 0 Å². The van der Waals surface area contributed by atoms with Gasteiger partial charge in [0, 0.05) is 38.3 Å². The zero-order valence-electron chi connectivity index (χ0n) is 30.7. The lowest BCUT2D eigenvalue weighted by Gasteiger charge is -2.26. The van der Waals surface area contributed by atoms with E-state index in [0.29, 0.717) is 22.4 Å². The second-order valence-corrected chi connectivity index (χ2v) is 13.1. The van der Waals surface area contributed by atoms with Gasteiger partial charge in [-0.2, -0.15) is 0 Å². The Kier molecular flexibility index (Phi) is 14.4. The number of nitrogens with one attached hydrogen (secondary N) is 5. The van der Waals surface area contributed by atoms with Gasteiger partial charge in [0.1, 0.15) is 29.9 Å². The monoisotopic (exact) mass is 796 g/mol. The summed E-state index contributed by atoms with van der Waals surface area (Å²) in [5, 5.41) is 61.2. The molecule has 19 nitrogen and oxygen atoms in total. The number of nitro groups is 1. The van der Waals surface area contributed by atoms with Gasteiger partial charge in [-0.05, 0) is 45.2 Å². The fraction of sp³-hybridized carbons (Fsp3) is 0.256. The van der Waals surface area contributed by atoms with Crippen molar-refractivity contribution in [2.75, 3.05) is 18.5 Å². The Bertz CT molecular complexity index is 2220. The molecule has 5 aromatic rings. The Morgan fingerprint density at radius 2 is 1.16 bits per heavy atom. The average Bonchev–Trinajstić information content (AvgIpc) is 3.71. The van der Waals surface area contributed by atoms with E-state index in [-0.39, 0.29) is 54.7 Å². The second kappa shape index (κ2) is 20.0. The number of benzene rings is 4. The highest BCUT2D eigenvalue weighted by molar-refractivity contribution is 5.96. The van der Waals surface area contributed by atoms with Gasteiger partial charge in [0.25, 0.3) is 0 Å². The Hall–Kier alpha value is -7.41. The summed E-state index contributed by atoms with van der Waals surface area (Å²) in [6.07, 6.45) is -0.357. The molecule has 0 unspecified atom stereocenters. The molecule has 0 fully saturated rings. The zero-order chi connectivity index (χ0) is 41.6. The van der Waals surface area contributed by atoms with Gasteiger partial charge in [0.2, 0.25) is 29.1 Å². The number of hydrogen-bond acceptors (Lipinski definition) is 13. The minimum absolute atomic E-state index is 0.0204. The van der Waals surface area contributed by atoms with Crippen LogP contribution in [0.15, 0.2) is 102 Å². The van der Waals surface area contributed by atoms with Gasteiger partial charge in [0.15, 0.2) is 5.52 Å². The number of amides is 4. The fourth-order valence-corrected chi connectivity index (χ4v) is 5.92. The van der Waals surface area contributed by atoms with Gasteiger partial charge < -0.3 is 41.9 Å². The normalized spacial score (nSPS) is 13.0. The highest BCUT2D eigenvalue weighted by Crippen LogP contribution is 2.28. The van der Waals surface area contributed by atoms with E-state index in [2.05, 4.69) is 41.5 Å². The first-order valence-electron chi connectivity index (χ1n) is 17.9. The average molecular weight is 797 g/mol. The number of fused-ring (bicyclic) bond motifs is 1. The molecule has 0 aliphatic rings. The van der Waals surface area contributed by atoms with E-state index in [1.54, 1.807) is 60.7 Å². The van der Waals surface area contributed by atoms with Crippen LogP contribution in [0, 0.1) is 10.1 Å². The number of carbonyl (C=O) groups excluding carboxylic acids is 4. The molecule has 4 atom stereocenters. The predicted octanol–water partition coefficient (Wildman–Crippen LogP) is 1.38. The topological polar surface area (TPSA) is 288 Å². The molecular weight excluding hydrogens is 756 g/mol. The molecule has 0 aliphatic heterocycles. The third-order valence-corrected chi connectivity index (χ3v) is 8.91. The van der Waals surface area contributed by atoms with Crippen molar-refractivity contribution >= 4 is 52.0 Å². The molecule has 0 saturated heterocycles. The van der Waals surface area contributed by atoms with E-state index in [9.17, 15) is 49.4 Å². The molecule has 19 heteroatoms. The molecule has 0 radical (unpaired) electrons. The summed E-state index contributed by atoms with van der Waals surface area (Å²) in [7, 11) is 0. The number of aliphatic carboxylic acids is 1. The summed E-state index contributed by atoms with van der Waals surface area (Å²) >= 11 is 0. The zero-order valence-corrected chi connectivity index (χ0v) is 30.7. The number of phenolic OH excluding ortho intramolecular Hbond substituents is 1. The molecule has 4 aromatic carbocycles. The quantitative estimate of drug-likeness (QED) is 0.0408. The molecule has 0 spiro atoms. The first kappa shape index (κ1) is 41.7. The number of aliphatic hydroxyl groups excluding tert-OH is 1. The molecule has 0 aliphatic carbocycles. The number of carboxylic acid groups (broad SMARTS) is 1. The number of nitro benzene ring substituents is 1. The van der Waals surface area contributed by atoms with Gasteiger partial charge in [-0.15, -0.1) is 0 Å². The van der Waals surface area contributed by atoms with Crippen molar-refractivity contribution in [1.29, 1.82) is 0 Å². The van der Waals surface area contributed by atoms with Crippen molar-refractivity contribution in [3.05, 3.63) is 124 Å². The number of aromatic nitrogens is 2. The van der Waals surface area contributed by atoms with E-state index in [1.165, 1.54) is 36.4 Å². The first-order chi connectivity index (χ1) is 27.9. The molecule has 8 N–H and O–H groups in total. The van der Waals surface area contributed by atoms with Crippen LogP contribution in [0.2, 0.25) is 0 Å². The third kappa shape index (κ3) is 11.6. The smallest absolute Gasteiger partial charge is 0.326 e. The van der Waals surface area contributed by atoms with Crippen LogP contribution in [0.25, 0.3) is 11.0 Å². The highest BCUT2D eigenvalue weighted by atomic mass is 16.6. The number of non-ortho nitro benzene ring substituents is 1. The number of carboxylic acids is 1. The van der Waals surface area contributed by atoms with Crippen LogP contribution in [-0.2, 0) is 43.2 Å². The summed E-state index contributed by atoms with van der Waals surface area (Å²) in [4.78, 5) is 77.0. The lowest BCUT2D eigenvalue weighted by Crippen LogP contribution is -2.59. The number of aliphatic hydroxyl groups is 1. The number of aromatic hydroxyl groups is 1. The third-order valence-electron chi connectivity index (χ3n) is 8.91. The summed E-state index contributed by atoms with van der Waals surface area (Å²) < 4.78 is 4.67. The van der Waals surface area contributed by atoms with E-state index in [0.717, 1.165) is 0 Å². The molecule has 5 rings (SSSR count). The minimum atomic E-state index is -1.61. The molecular formula is C39H40N8O11. The number of anilines is 1. The van der Waals surface area contributed by atoms with Crippen LogP contribution in [0.3, 0.4) is 0 Å². The molecule has 4 amide bonds. The molecule has 1 heterocycles. The van der Waals surface area contributed by atoms with Crippen molar-refractivity contribution < 1.29 is 48.8 Å². The summed E-state index contributed by atoms with van der Waals surface area (Å²) in [5.74, 6) is -4.57. The van der Waals surface area contributed by atoms with Crippen LogP contribution in [0.5, 0.6) is 5.75 Å². The number of nitrogens with zero attached hydrogens (tertiary/aromatic N) is 3. The SMILES string of the molecule is O=C(CCNc1ccc([N+](=O)[O-])c2nonc12)N[C@H](Cc1ccccc1)C(=O)N[C@H](Cc1ccccc1)C(=O)N[C@H](CO)C(=O)N[C@H](Cc1ccc(O)cc1)C(=O)O. The fourth-order valence-electron chi connectivity index (χ4n) is 5.92. The number of rotatable bonds is 20. The maximum Gasteiger partial charge on any atom is 0.326 e. The van der Waals surface area contributed by atoms with Crippen LogP contribution >= 0.6 is 0 Å². The van der Waals surface area contributed by atoms with Gasteiger partial charge in [-0.25, -0.2) is 9.42 Å². The predicted molar refractivity (Wildman–Crippen MR) is 206 cm³/mol. The Labute approximate surface area is 329 Å². The second-order valence-electron chi connectivity index (χ2n) is 13.1. The maximum absolute atomic E-state index is 14.0. The number of hydrogen-bond donors (Lipinski definition) is 8. The molecule has 0 bridgehead atoms. The maximum atomic E-state index is 14.0. The van der Waals surface area contributed by atoms with Crippen LogP contribution in [0.4, 0.5) is 11.4 Å². The standard InChI is InChI=1S/C39H40N8O11/c48-22-31(38(53)43-30(39(54)55)21-25-11-13-26(49)14-12-25)44-37(52)29(20-24-9-5-2-6-10-24)42-36(51)28(19-23-7-3-1-4-8-23)41-33(50)17-18-40-27-15-16-32(47(56)57)35-34(27)45-58-46-35/h1-16,28-31,40,48-49H,17-22H2,(H,41,50)(H,42,51)(H,43,53)(H,44,52)(H,54,55)/t28-,29-,30-,31-/m1/s1. The van der Waals surface area contributed by atoms with Gasteiger partial charge in [0.05, 0.1) is 17.2 Å². The molecule has 58 heavy (non-hydrogen) atoms. The largest absolute Gasteiger partial charge is 0.508 e. The molecule has 1 aromatic heterocycles.